The molecule has 27 heavy (non-hydrogen) atoms. The van der Waals surface area contributed by atoms with Gasteiger partial charge in [0.05, 0.1) is 13.0 Å². The van der Waals surface area contributed by atoms with Gasteiger partial charge in [0.15, 0.2) is 17.3 Å². The van der Waals surface area contributed by atoms with Crippen LogP contribution < -0.4 is 14.8 Å². The number of rotatable bonds is 5. The molecular weight excluding hydrogens is 346 g/mol. The molecule has 1 unspecified atom stereocenters. The minimum absolute atomic E-state index is 0.0202. The van der Waals surface area contributed by atoms with Gasteiger partial charge in [-0.05, 0) is 30.9 Å². The van der Waals surface area contributed by atoms with Crippen LogP contribution in [-0.4, -0.2) is 29.8 Å². The number of nitrogens with zero attached hydrogens (tertiary/aromatic N) is 2. The van der Waals surface area contributed by atoms with Crippen LogP contribution in [-0.2, 0) is 23.2 Å². The number of hydrogen-bond donors (Lipinski definition) is 1. The fourth-order valence-electron chi connectivity index (χ4n) is 4.04. The second-order valence-corrected chi connectivity index (χ2v) is 7.30. The molecular formula is C20H25N3O4. The van der Waals surface area contributed by atoms with Gasteiger partial charge in [-0.1, -0.05) is 37.1 Å². The molecule has 0 bridgehead atoms. The van der Waals surface area contributed by atoms with E-state index in [1.807, 2.05) is 25.1 Å². The zero-order valence-electron chi connectivity index (χ0n) is 15.8. The number of carbonyl (C=O) groups excluding carboxylic acids is 1. The summed E-state index contributed by atoms with van der Waals surface area (Å²) in [4.78, 5) is 17.6. The second-order valence-electron chi connectivity index (χ2n) is 7.30. The Morgan fingerprint density at radius 1 is 1.37 bits per heavy atom. The van der Waals surface area contributed by atoms with E-state index in [0.717, 1.165) is 37.0 Å². The summed E-state index contributed by atoms with van der Waals surface area (Å²) in [5.74, 6) is 2.38. The van der Waals surface area contributed by atoms with E-state index in [4.69, 9.17) is 14.0 Å². The summed E-state index contributed by atoms with van der Waals surface area (Å²) >= 11 is 0. The highest BCUT2D eigenvalue weighted by atomic mass is 16.5. The van der Waals surface area contributed by atoms with Crippen molar-refractivity contribution in [3.05, 3.63) is 35.5 Å². The van der Waals surface area contributed by atoms with E-state index in [2.05, 4.69) is 15.5 Å². The van der Waals surface area contributed by atoms with E-state index in [-0.39, 0.29) is 11.8 Å². The Morgan fingerprint density at radius 3 is 2.89 bits per heavy atom. The Hall–Kier alpha value is -2.57. The molecule has 1 aliphatic heterocycles. The molecule has 7 nitrogen and oxygen atoms in total. The lowest BCUT2D eigenvalue weighted by molar-refractivity contribution is -0.128. The van der Waals surface area contributed by atoms with Gasteiger partial charge in [-0.25, -0.2) is 0 Å². The molecule has 0 saturated heterocycles. The summed E-state index contributed by atoms with van der Waals surface area (Å²) in [5.41, 5.74) is 0.469. The molecule has 1 N–H and O–H groups in total. The number of aromatic nitrogens is 2. The predicted octanol–water partition coefficient (Wildman–Crippen LogP) is 2.78. The van der Waals surface area contributed by atoms with Gasteiger partial charge in [-0.2, -0.15) is 4.98 Å². The lowest BCUT2D eigenvalue weighted by Crippen LogP contribution is -2.49. The molecule has 1 aliphatic carbocycles. The molecule has 0 radical (unpaired) electrons. The van der Waals surface area contributed by atoms with Crippen molar-refractivity contribution in [3.8, 4) is 11.5 Å². The highest BCUT2D eigenvalue weighted by molar-refractivity contribution is 5.80. The molecule has 1 amide bonds. The van der Waals surface area contributed by atoms with Crippen LogP contribution in [0.5, 0.6) is 11.5 Å². The molecule has 1 aromatic carbocycles. The fourth-order valence-corrected chi connectivity index (χ4v) is 4.04. The molecule has 0 spiro atoms. The smallest absolute Gasteiger partial charge is 0.227 e. The SMILES string of the molecule is CCc1nc(C2(NC(=O)C3COc4c(cccc4OC)C3)CCCC2)no1. The number of methoxy groups -OCH3 is 1. The van der Waals surface area contributed by atoms with Crippen LogP contribution in [0.1, 0.15) is 49.9 Å². The summed E-state index contributed by atoms with van der Waals surface area (Å²) in [6.45, 7) is 2.31. The Morgan fingerprint density at radius 2 is 2.19 bits per heavy atom. The van der Waals surface area contributed by atoms with Crippen molar-refractivity contribution in [2.75, 3.05) is 13.7 Å². The maximum absolute atomic E-state index is 13.1. The molecule has 2 aromatic rings. The number of amides is 1. The lowest BCUT2D eigenvalue weighted by atomic mass is 9.92. The van der Waals surface area contributed by atoms with E-state index in [0.29, 0.717) is 36.9 Å². The van der Waals surface area contributed by atoms with Gasteiger partial charge in [-0.3, -0.25) is 4.79 Å². The topological polar surface area (TPSA) is 86.5 Å². The van der Waals surface area contributed by atoms with E-state index in [1.165, 1.54) is 0 Å². The quantitative estimate of drug-likeness (QED) is 0.870. The van der Waals surface area contributed by atoms with Gasteiger partial charge in [-0.15, -0.1) is 0 Å². The Bertz CT molecular complexity index is 826. The van der Waals surface area contributed by atoms with Gasteiger partial charge in [0, 0.05) is 6.42 Å². The molecule has 1 aromatic heterocycles. The number of ether oxygens (including phenoxy) is 2. The Kier molecular flexibility index (Phi) is 4.76. The average Bonchev–Trinajstić information content (AvgIpc) is 3.37. The van der Waals surface area contributed by atoms with Crippen molar-refractivity contribution < 1.29 is 18.8 Å². The van der Waals surface area contributed by atoms with Crippen molar-refractivity contribution in [3.63, 3.8) is 0 Å². The maximum Gasteiger partial charge on any atom is 0.227 e. The lowest BCUT2D eigenvalue weighted by Gasteiger charge is -2.31. The first-order chi connectivity index (χ1) is 13.1. The molecule has 4 rings (SSSR count). The van der Waals surface area contributed by atoms with Gasteiger partial charge in [0.25, 0.3) is 0 Å². The minimum atomic E-state index is -0.525. The summed E-state index contributed by atoms with van der Waals surface area (Å²) in [5, 5.41) is 7.39. The Balaban J connectivity index is 1.52. The number of aryl methyl sites for hydroxylation is 1. The molecule has 1 fully saturated rings. The zero-order valence-corrected chi connectivity index (χ0v) is 15.8. The number of hydrogen-bond acceptors (Lipinski definition) is 6. The van der Waals surface area contributed by atoms with E-state index in [1.54, 1.807) is 7.11 Å². The normalized spacial score (nSPS) is 20.6. The zero-order chi connectivity index (χ0) is 18.9. The van der Waals surface area contributed by atoms with Crippen molar-refractivity contribution in [1.82, 2.24) is 15.5 Å². The Labute approximate surface area is 158 Å². The number of benzene rings is 1. The van der Waals surface area contributed by atoms with Crippen molar-refractivity contribution in [2.24, 2.45) is 5.92 Å². The first-order valence-electron chi connectivity index (χ1n) is 9.59. The van der Waals surface area contributed by atoms with Crippen LogP contribution in [0, 0.1) is 5.92 Å². The first kappa shape index (κ1) is 17.8. The van der Waals surface area contributed by atoms with Crippen LogP contribution in [0.15, 0.2) is 22.7 Å². The monoisotopic (exact) mass is 371 g/mol. The summed E-state index contributed by atoms with van der Waals surface area (Å²) in [7, 11) is 1.62. The van der Waals surface area contributed by atoms with E-state index in [9.17, 15) is 4.79 Å². The van der Waals surface area contributed by atoms with Gasteiger partial charge in [0.2, 0.25) is 11.8 Å². The molecule has 2 aliphatic rings. The van der Waals surface area contributed by atoms with Crippen molar-refractivity contribution in [1.29, 1.82) is 0 Å². The molecule has 1 atom stereocenters. The number of nitrogens with one attached hydrogen (secondary N) is 1. The number of fused-ring (bicyclic) bond motifs is 1. The van der Waals surface area contributed by atoms with Gasteiger partial charge < -0.3 is 19.3 Å². The van der Waals surface area contributed by atoms with Gasteiger partial charge in [0.1, 0.15) is 12.1 Å². The summed E-state index contributed by atoms with van der Waals surface area (Å²) < 4.78 is 16.5. The highest BCUT2D eigenvalue weighted by Gasteiger charge is 2.43. The first-order valence-corrected chi connectivity index (χ1v) is 9.59. The largest absolute Gasteiger partial charge is 0.493 e. The van der Waals surface area contributed by atoms with Crippen LogP contribution in [0.2, 0.25) is 0 Å². The third-order valence-electron chi connectivity index (χ3n) is 5.56. The third kappa shape index (κ3) is 3.26. The van der Waals surface area contributed by atoms with Crippen molar-refractivity contribution in [2.45, 2.75) is 51.0 Å². The fraction of sp³-hybridized carbons (Fsp3) is 0.550. The predicted molar refractivity (Wildman–Crippen MR) is 97.6 cm³/mol. The van der Waals surface area contributed by atoms with Gasteiger partial charge >= 0.3 is 0 Å². The minimum Gasteiger partial charge on any atom is -0.493 e. The maximum atomic E-state index is 13.1. The van der Waals surface area contributed by atoms with Crippen molar-refractivity contribution >= 4 is 5.91 Å². The van der Waals surface area contributed by atoms with Crippen LogP contribution in [0.25, 0.3) is 0 Å². The standard InChI is InChI=1S/C20H25N3O4/c1-3-16-21-19(23-27-16)20(9-4-5-10-20)22-18(24)14-11-13-7-6-8-15(25-2)17(13)26-12-14/h6-8,14H,3-5,9-12H2,1-2H3,(H,22,24). The van der Waals surface area contributed by atoms with Crippen LogP contribution in [0.4, 0.5) is 0 Å². The van der Waals surface area contributed by atoms with Crippen LogP contribution in [0.3, 0.4) is 0 Å². The molecule has 1 saturated carbocycles. The highest BCUT2D eigenvalue weighted by Crippen LogP contribution is 2.39. The van der Waals surface area contributed by atoms with E-state index < -0.39 is 5.54 Å². The third-order valence-corrected chi connectivity index (χ3v) is 5.56. The molecule has 144 valence electrons. The van der Waals surface area contributed by atoms with E-state index >= 15 is 0 Å². The molecule has 2 heterocycles. The average molecular weight is 371 g/mol. The molecule has 7 heteroatoms. The number of para-hydroxylation sites is 1. The second kappa shape index (κ2) is 7.21. The summed E-state index contributed by atoms with van der Waals surface area (Å²) in [6.07, 6.45) is 5.06. The van der Waals surface area contributed by atoms with Crippen LogP contribution >= 0.6 is 0 Å². The summed E-state index contributed by atoms with van der Waals surface area (Å²) in [6, 6.07) is 5.77. The number of carbonyl (C=O) groups is 1.